The maximum absolute atomic E-state index is 13.2. The van der Waals surface area contributed by atoms with Crippen molar-refractivity contribution in [2.45, 2.75) is 103 Å². The van der Waals surface area contributed by atoms with E-state index in [1.165, 1.54) is 12.5 Å². The molecule has 4 rings (SSSR count). The van der Waals surface area contributed by atoms with Gasteiger partial charge in [-0.1, -0.05) is 25.5 Å². The van der Waals surface area contributed by atoms with Crippen LogP contribution in [0.5, 0.6) is 0 Å². The van der Waals surface area contributed by atoms with E-state index in [-0.39, 0.29) is 35.7 Å². The first-order chi connectivity index (χ1) is 16.4. The number of Topliss-reactive ketones (excluding diaryl/α,β-unsaturated/α-hetero) is 1. The maximum Gasteiger partial charge on any atom is 0.426 e. The molecule has 3 fully saturated rings. The number of rotatable bonds is 4. The average molecular weight is 525 g/mol. The van der Waals surface area contributed by atoms with Gasteiger partial charge in [-0.15, -0.1) is 0 Å². The molecule has 7 atom stereocenters. The minimum absolute atomic E-state index is 0.0101. The Morgan fingerprint density at radius 3 is 2.22 bits per heavy atom. The number of allylic oxidation sites excluding steroid dienone is 1. The maximum atomic E-state index is 13.2. The van der Waals surface area contributed by atoms with E-state index >= 15 is 0 Å². The van der Waals surface area contributed by atoms with Gasteiger partial charge in [0.1, 0.15) is 11.9 Å². The molecular weight excluding hydrogens is 490 g/mol. The van der Waals surface area contributed by atoms with Crippen molar-refractivity contribution in [1.82, 2.24) is 0 Å². The largest absolute Gasteiger partial charge is 0.462 e. The highest BCUT2D eigenvalue weighted by Gasteiger charge is 2.72. The van der Waals surface area contributed by atoms with Gasteiger partial charge in [-0.3, -0.25) is 9.59 Å². The van der Waals surface area contributed by atoms with E-state index in [0.717, 1.165) is 25.7 Å². The monoisotopic (exact) mass is 524 g/mol. The first-order valence-electron chi connectivity index (χ1n) is 12.7. The minimum Gasteiger partial charge on any atom is -0.462 e. The molecule has 4 aliphatic rings. The first kappa shape index (κ1) is 27.5. The summed E-state index contributed by atoms with van der Waals surface area (Å²) in [6.45, 7) is 5.44. The van der Waals surface area contributed by atoms with Crippen molar-refractivity contribution in [2.75, 3.05) is 0 Å². The smallest absolute Gasteiger partial charge is 0.426 e. The van der Waals surface area contributed by atoms with Gasteiger partial charge in [-0.05, 0) is 73.5 Å². The highest BCUT2D eigenvalue weighted by molar-refractivity contribution is 5.83. The van der Waals surface area contributed by atoms with Gasteiger partial charge in [0.25, 0.3) is 5.60 Å². The molecule has 4 nitrogen and oxygen atoms in total. The molecule has 3 saturated carbocycles. The lowest BCUT2D eigenvalue weighted by Crippen LogP contribution is -2.59. The molecule has 0 saturated heterocycles. The fraction of sp³-hybridized carbons (Fsp3) is 0.846. The quantitative estimate of drug-likeness (QED) is 0.266. The molecule has 0 radical (unpaired) electrons. The van der Waals surface area contributed by atoms with E-state index in [1.54, 1.807) is 0 Å². The lowest BCUT2D eigenvalue weighted by molar-refractivity contribution is -0.367. The Bertz CT molecular complexity index is 926. The third-order valence-electron chi connectivity index (χ3n) is 10.1. The second kappa shape index (κ2) is 8.73. The zero-order chi connectivity index (χ0) is 26.9. The summed E-state index contributed by atoms with van der Waals surface area (Å²) in [7, 11) is 0. The van der Waals surface area contributed by atoms with Crippen LogP contribution < -0.4 is 0 Å². The van der Waals surface area contributed by atoms with Crippen molar-refractivity contribution in [3.8, 4) is 0 Å². The third kappa shape index (κ3) is 4.19. The van der Waals surface area contributed by atoms with Gasteiger partial charge in [0.2, 0.25) is 0 Å². The SMILES string of the molecule is CC(=O)OC1CCC2(C)C(=CCC3C2CCC2(C)C(C(=O)CC(O)(C(F)(F)F)C(F)(F)F)CCC32)C1. The summed E-state index contributed by atoms with van der Waals surface area (Å²) in [5.41, 5.74) is -4.59. The summed E-state index contributed by atoms with van der Waals surface area (Å²) in [5.74, 6) is -1.92. The van der Waals surface area contributed by atoms with Gasteiger partial charge in [-0.25, -0.2) is 0 Å². The molecule has 0 bridgehead atoms. The van der Waals surface area contributed by atoms with Crippen LogP contribution in [0.25, 0.3) is 0 Å². The molecular formula is C26H34F6O4. The van der Waals surface area contributed by atoms with Gasteiger partial charge >= 0.3 is 18.3 Å². The molecule has 0 amide bonds. The Hall–Kier alpha value is -1.58. The zero-order valence-electron chi connectivity index (χ0n) is 20.8. The van der Waals surface area contributed by atoms with Crippen LogP contribution in [0.2, 0.25) is 0 Å². The van der Waals surface area contributed by atoms with E-state index < -0.39 is 41.5 Å². The standard InChI is InChI=1S/C26H34F6O4/c1-14(33)36-16-8-10-22(2)15(12-16)4-5-17-18-6-7-20(23(18,3)11-9-19(17)22)21(34)13-24(35,25(27,28)29)26(30,31)32/h4,16-20,35H,5-13H2,1-3H3. The number of halogens is 6. The molecule has 4 aliphatic carbocycles. The third-order valence-corrected chi connectivity index (χ3v) is 10.1. The van der Waals surface area contributed by atoms with E-state index in [2.05, 4.69) is 13.0 Å². The Kier molecular flexibility index (Phi) is 6.66. The van der Waals surface area contributed by atoms with Gasteiger partial charge in [0, 0.05) is 19.3 Å². The van der Waals surface area contributed by atoms with Crippen molar-refractivity contribution >= 4 is 11.8 Å². The Morgan fingerprint density at radius 2 is 1.64 bits per heavy atom. The van der Waals surface area contributed by atoms with Gasteiger partial charge in [0.05, 0.1) is 6.42 Å². The van der Waals surface area contributed by atoms with Crippen molar-refractivity contribution in [1.29, 1.82) is 0 Å². The average Bonchev–Trinajstić information content (AvgIpc) is 3.09. The summed E-state index contributed by atoms with van der Waals surface area (Å²) in [4.78, 5) is 24.4. The Labute approximate surface area is 206 Å². The normalized spacial score (nSPS) is 38.9. The summed E-state index contributed by atoms with van der Waals surface area (Å²) in [5, 5.41) is 9.61. The summed E-state index contributed by atoms with van der Waals surface area (Å²) in [6, 6.07) is 0. The van der Waals surface area contributed by atoms with Gasteiger partial charge in [-0.2, -0.15) is 26.3 Å². The second-order valence-corrected chi connectivity index (χ2v) is 11.9. The van der Waals surface area contributed by atoms with Crippen molar-refractivity contribution in [3.05, 3.63) is 11.6 Å². The number of ether oxygens (including phenoxy) is 1. The highest BCUT2D eigenvalue weighted by atomic mass is 19.4. The lowest BCUT2D eigenvalue weighted by atomic mass is 9.47. The highest BCUT2D eigenvalue weighted by Crippen LogP contribution is 2.66. The summed E-state index contributed by atoms with van der Waals surface area (Å²) < 4.78 is 84.9. The number of aliphatic hydroxyl groups is 1. The number of hydrogen-bond donors (Lipinski definition) is 1. The van der Waals surface area contributed by atoms with Crippen LogP contribution in [-0.2, 0) is 14.3 Å². The van der Waals surface area contributed by atoms with E-state index in [0.29, 0.717) is 25.2 Å². The fourth-order valence-corrected chi connectivity index (χ4v) is 8.23. The summed E-state index contributed by atoms with van der Waals surface area (Å²) >= 11 is 0. The molecule has 10 heteroatoms. The molecule has 0 aromatic carbocycles. The number of alkyl halides is 6. The topological polar surface area (TPSA) is 63.6 Å². The number of ketones is 1. The molecule has 36 heavy (non-hydrogen) atoms. The number of fused-ring (bicyclic) bond motifs is 5. The van der Waals surface area contributed by atoms with Crippen molar-refractivity contribution in [2.24, 2.45) is 34.5 Å². The van der Waals surface area contributed by atoms with Crippen LogP contribution in [-0.4, -0.2) is 40.9 Å². The number of esters is 1. The number of carbonyl (C=O) groups is 2. The zero-order valence-corrected chi connectivity index (χ0v) is 20.8. The molecule has 0 aromatic rings. The molecule has 0 aromatic heterocycles. The van der Waals surface area contributed by atoms with Crippen LogP contribution in [0.4, 0.5) is 26.3 Å². The second-order valence-electron chi connectivity index (χ2n) is 11.9. The molecule has 204 valence electrons. The minimum atomic E-state index is -6.00. The van der Waals surface area contributed by atoms with Gasteiger partial charge < -0.3 is 9.84 Å². The van der Waals surface area contributed by atoms with Gasteiger partial charge in [0.15, 0.2) is 0 Å². The molecule has 7 unspecified atom stereocenters. The Balaban J connectivity index is 1.54. The van der Waals surface area contributed by atoms with Crippen LogP contribution in [0.3, 0.4) is 0 Å². The molecule has 0 aliphatic heterocycles. The predicted octanol–water partition coefficient (Wildman–Crippen LogP) is 6.31. The first-order valence-corrected chi connectivity index (χ1v) is 12.7. The molecule has 0 spiro atoms. The van der Waals surface area contributed by atoms with Crippen LogP contribution in [0.15, 0.2) is 11.6 Å². The van der Waals surface area contributed by atoms with Crippen molar-refractivity contribution in [3.63, 3.8) is 0 Å². The number of carbonyl (C=O) groups excluding carboxylic acids is 2. The van der Waals surface area contributed by atoms with Crippen LogP contribution in [0, 0.1) is 34.5 Å². The molecule has 1 N–H and O–H groups in total. The predicted molar refractivity (Wildman–Crippen MR) is 117 cm³/mol. The van der Waals surface area contributed by atoms with E-state index in [9.17, 15) is 41.0 Å². The van der Waals surface area contributed by atoms with Crippen molar-refractivity contribution < 1.29 is 45.8 Å². The fourth-order valence-electron chi connectivity index (χ4n) is 8.23. The summed E-state index contributed by atoms with van der Waals surface area (Å²) in [6.07, 6.45) is -6.89. The number of hydrogen-bond acceptors (Lipinski definition) is 4. The van der Waals surface area contributed by atoms with E-state index in [4.69, 9.17) is 4.74 Å². The van der Waals surface area contributed by atoms with E-state index in [1.807, 2.05) is 6.92 Å². The molecule has 0 heterocycles. The Morgan fingerprint density at radius 1 is 1.00 bits per heavy atom. The lowest BCUT2D eigenvalue weighted by Gasteiger charge is -2.58. The van der Waals surface area contributed by atoms with Crippen LogP contribution >= 0.6 is 0 Å². The van der Waals surface area contributed by atoms with Crippen LogP contribution in [0.1, 0.15) is 78.6 Å².